The number of benzene rings is 2. The van der Waals surface area contributed by atoms with Crippen molar-refractivity contribution in [2.24, 2.45) is 5.10 Å². The topological polar surface area (TPSA) is 73.5 Å². The number of carbonyl (C=O) groups excluding carboxylic acids is 1. The molecule has 0 unspecified atom stereocenters. The third-order valence-electron chi connectivity index (χ3n) is 3.50. The first kappa shape index (κ1) is 18.3. The number of hydrogen-bond donors (Lipinski definition) is 0. The Kier molecular flexibility index (Phi) is 5.20. The lowest BCUT2D eigenvalue weighted by molar-refractivity contribution is -0.131. The van der Waals surface area contributed by atoms with Crippen molar-refractivity contribution in [2.45, 2.75) is 13.8 Å². The summed E-state index contributed by atoms with van der Waals surface area (Å²) in [5.41, 5.74) is 0.982. The fourth-order valence-electron chi connectivity index (χ4n) is 2.36. The van der Waals surface area contributed by atoms with E-state index in [-0.39, 0.29) is 16.3 Å². The molecule has 0 aliphatic carbocycles. The van der Waals surface area contributed by atoms with E-state index in [1.165, 1.54) is 17.8 Å². The number of aromatic nitrogens is 2. The number of hydrogen-bond acceptors (Lipinski definition) is 5. The Labute approximate surface area is 162 Å². The quantitative estimate of drug-likeness (QED) is 0.356. The second kappa shape index (κ2) is 7.39. The summed E-state index contributed by atoms with van der Waals surface area (Å²) in [5.74, 6) is 0.273. The number of ether oxygens (including phenoxy) is 1. The fourth-order valence-corrected chi connectivity index (χ4v) is 2.94. The van der Waals surface area contributed by atoms with Gasteiger partial charge in [-0.15, -0.1) is 0 Å². The molecule has 1 heterocycles. The van der Waals surface area contributed by atoms with Crippen LogP contribution in [0.2, 0.25) is 5.02 Å². The first-order valence-electron chi connectivity index (χ1n) is 7.56. The molecule has 0 bridgehead atoms. The highest BCUT2D eigenvalue weighted by molar-refractivity contribution is 9.10. The van der Waals surface area contributed by atoms with E-state index in [1.807, 2.05) is 6.07 Å². The van der Waals surface area contributed by atoms with Crippen LogP contribution in [0.5, 0.6) is 5.75 Å². The number of rotatable bonds is 3. The Morgan fingerprint density at radius 2 is 2.08 bits per heavy atom. The summed E-state index contributed by atoms with van der Waals surface area (Å²) in [4.78, 5) is 28.1. The van der Waals surface area contributed by atoms with E-state index in [9.17, 15) is 9.59 Å². The predicted octanol–water partition coefficient (Wildman–Crippen LogP) is 3.93. The highest BCUT2D eigenvalue weighted by atomic mass is 79.9. The summed E-state index contributed by atoms with van der Waals surface area (Å²) in [6.45, 7) is 3.00. The van der Waals surface area contributed by atoms with Crippen molar-refractivity contribution in [3.05, 3.63) is 67.6 Å². The van der Waals surface area contributed by atoms with E-state index in [2.05, 4.69) is 26.0 Å². The van der Waals surface area contributed by atoms with Crippen LogP contribution in [0.3, 0.4) is 0 Å². The molecule has 0 saturated heterocycles. The maximum absolute atomic E-state index is 12.7. The Morgan fingerprint density at radius 1 is 1.31 bits per heavy atom. The van der Waals surface area contributed by atoms with Crippen molar-refractivity contribution in [3.8, 4) is 5.75 Å². The van der Waals surface area contributed by atoms with Gasteiger partial charge in [-0.1, -0.05) is 27.5 Å². The minimum Gasteiger partial charge on any atom is -0.425 e. The lowest BCUT2D eigenvalue weighted by Gasteiger charge is -2.06. The maximum atomic E-state index is 12.7. The Hall–Kier alpha value is -2.51. The van der Waals surface area contributed by atoms with Gasteiger partial charge in [0, 0.05) is 11.4 Å². The molecule has 8 heteroatoms. The number of halogens is 2. The lowest BCUT2D eigenvalue weighted by atomic mass is 10.2. The van der Waals surface area contributed by atoms with Crippen LogP contribution in [0, 0.1) is 6.92 Å². The van der Waals surface area contributed by atoms with Crippen molar-refractivity contribution in [1.82, 2.24) is 9.66 Å². The van der Waals surface area contributed by atoms with Crippen LogP contribution in [0.15, 0.2) is 50.8 Å². The van der Waals surface area contributed by atoms with E-state index in [1.54, 1.807) is 37.3 Å². The Bertz CT molecular complexity index is 1110. The van der Waals surface area contributed by atoms with Gasteiger partial charge in [0.05, 0.1) is 22.1 Å². The molecule has 0 saturated carbocycles. The smallest absolute Gasteiger partial charge is 0.308 e. The largest absolute Gasteiger partial charge is 0.425 e. The molecule has 0 atom stereocenters. The average Bonchev–Trinajstić information content (AvgIpc) is 2.57. The zero-order valence-corrected chi connectivity index (χ0v) is 16.2. The van der Waals surface area contributed by atoms with Crippen LogP contribution in [0.4, 0.5) is 0 Å². The van der Waals surface area contributed by atoms with E-state index in [0.717, 1.165) is 4.47 Å². The number of aryl methyl sites for hydroxylation is 1. The first-order valence-corrected chi connectivity index (χ1v) is 8.73. The normalized spacial score (nSPS) is 11.2. The third kappa shape index (κ3) is 3.84. The molecule has 2 aromatic carbocycles. The lowest BCUT2D eigenvalue weighted by Crippen LogP contribution is -2.20. The second-order valence-electron chi connectivity index (χ2n) is 5.47. The molecule has 3 rings (SSSR count). The number of fused-ring (bicyclic) bond motifs is 1. The van der Waals surface area contributed by atoms with Gasteiger partial charge in [-0.3, -0.25) is 9.59 Å². The van der Waals surface area contributed by atoms with Crippen LogP contribution in [0.25, 0.3) is 10.9 Å². The number of esters is 1. The van der Waals surface area contributed by atoms with Gasteiger partial charge in [-0.25, -0.2) is 4.98 Å². The van der Waals surface area contributed by atoms with Gasteiger partial charge in [0.2, 0.25) is 0 Å². The van der Waals surface area contributed by atoms with Crippen molar-refractivity contribution < 1.29 is 9.53 Å². The molecule has 6 nitrogen and oxygen atoms in total. The Morgan fingerprint density at radius 3 is 2.77 bits per heavy atom. The second-order valence-corrected chi connectivity index (χ2v) is 6.79. The molecule has 132 valence electrons. The zero-order chi connectivity index (χ0) is 18.8. The van der Waals surface area contributed by atoms with Gasteiger partial charge in [0.15, 0.2) is 0 Å². The minimum absolute atomic E-state index is 0.266. The van der Waals surface area contributed by atoms with Crippen LogP contribution in [-0.2, 0) is 4.79 Å². The summed E-state index contributed by atoms with van der Waals surface area (Å²) >= 11 is 9.44. The zero-order valence-electron chi connectivity index (χ0n) is 13.9. The molecule has 0 aliphatic heterocycles. The monoisotopic (exact) mass is 433 g/mol. The molecule has 0 spiro atoms. The SMILES string of the molecule is CC(=O)Oc1ccc(C=Nn2c(C)nc3ccc(Br)cc3c2=O)cc1Cl. The standard InChI is InChI=1S/C18H13BrClN3O3/c1-10-22-16-5-4-13(19)8-14(16)18(25)23(10)21-9-12-3-6-17(15(20)7-12)26-11(2)24/h3-9H,1-2H3. The van der Waals surface area contributed by atoms with Crippen molar-refractivity contribution in [3.63, 3.8) is 0 Å². The van der Waals surface area contributed by atoms with Gasteiger partial charge in [-0.2, -0.15) is 9.78 Å². The van der Waals surface area contributed by atoms with Crippen molar-refractivity contribution >= 4 is 50.6 Å². The van der Waals surface area contributed by atoms with E-state index in [0.29, 0.717) is 22.3 Å². The first-order chi connectivity index (χ1) is 12.3. The molecule has 0 amide bonds. The van der Waals surface area contributed by atoms with Crippen LogP contribution in [-0.4, -0.2) is 21.8 Å². The summed E-state index contributed by atoms with van der Waals surface area (Å²) in [6.07, 6.45) is 1.49. The molecule has 0 radical (unpaired) electrons. The molecule has 0 fully saturated rings. The molecule has 26 heavy (non-hydrogen) atoms. The molecule has 0 N–H and O–H groups in total. The molecule has 1 aromatic heterocycles. The predicted molar refractivity (Wildman–Crippen MR) is 104 cm³/mol. The molecular formula is C18H13BrClN3O3. The fraction of sp³-hybridized carbons (Fsp3) is 0.111. The van der Waals surface area contributed by atoms with Crippen LogP contribution < -0.4 is 10.3 Å². The summed E-state index contributed by atoms with van der Waals surface area (Å²) < 4.78 is 6.99. The number of carbonyl (C=O) groups is 1. The average molecular weight is 435 g/mol. The van der Waals surface area contributed by atoms with Gasteiger partial charge >= 0.3 is 5.97 Å². The maximum Gasteiger partial charge on any atom is 0.308 e. The van der Waals surface area contributed by atoms with E-state index >= 15 is 0 Å². The van der Waals surface area contributed by atoms with Crippen molar-refractivity contribution in [2.75, 3.05) is 0 Å². The molecule has 0 aliphatic rings. The summed E-state index contributed by atoms with van der Waals surface area (Å²) in [7, 11) is 0. The number of nitrogens with zero attached hydrogens (tertiary/aromatic N) is 3. The van der Waals surface area contributed by atoms with Crippen LogP contribution >= 0.6 is 27.5 Å². The van der Waals surface area contributed by atoms with Gasteiger partial charge in [0.25, 0.3) is 5.56 Å². The summed E-state index contributed by atoms with van der Waals surface area (Å²) in [6, 6.07) is 10.1. The van der Waals surface area contributed by atoms with Crippen LogP contribution in [0.1, 0.15) is 18.3 Å². The molecule has 3 aromatic rings. The van der Waals surface area contributed by atoms with E-state index < -0.39 is 5.97 Å². The molecular weight excluding hydrogens is 422 g/mol. The van der Waals surface area contributed by atoms with Gasteiger partial charge in [0.1, 0.15) is 11.6 Å². The minimum atomic E-state index is -0.455. The van der Waals surface area contributed by atoms with Gasteiger partial charge < -0.3 is 4.74 Å². The highest BCUT2D eigenvalue weighted by Crippen LogP contribution is 2.25. The summed E-state index contributed by atoms with van der Waals surface area (Å²) in [5, 5.41) is 4.96. The van der Waals surface area contributed by atoms with Gasteiger partial charge in [-0.05, 0) is 48.9 Å². The Balaban J connectivity index is 1.99. The van der Waals surface area contributed by atoms with E-state index in [4.69, 9.17) is 16.3 Å². The third-order valence-corrected chi connectivity index (χ3v) is 4.29. The highest BCUT2D eigenvalue weighted by Gasteiger charge is 2.08. The van der Waals surface area contributed by atoms with Crippen molar-refractivity contribution in [1.29, 1.82) is 0 Å².